The number of pyridine rings is 1. The maximum Gasteiger partial charge on any atom is 0.160 e. The first-order chi connectivity index (χ1) is 10.4. The topological polar surface area (TPSA) is 52.0 Å². The van der Waals surface area contributed by atoms with Gasteiger partial charge >= 0.3 is 0 Å². The van der Waals surface area contributed by atoms with Gasteiger partial charge in [0.15, 0.2) is 5.65 Å². The minimum absolute atomic E-state index is 0.419. The van der Waals surface area contributed by atoms with Crippen molar-refractivity contribution >= 4 is 11.2 Å². The van der Waals surface area contributed by atoms with Gasteiger partial charge in [0.05, 0.1) is 6.61 Å². The molecule has 0 aromatic carbocycles. The quantitative estimate of drug-likeness (QED) is 0.920. The summed E-state index contributed by atoms with van der Waals surface area (Å²) >= 11 is 0. The van der Waals surface area contributed by atoms with Crippen LogP contribution < -0.4 is 5.32 Å². The van der Waals surface area contributed by atoms with Gasteiger partial charge in [0.1, 0.15) is 11.3 Å². The summed E-state index contributed by atoms with van der Waals surface area (Å²) in [6.07, 6.45) is 6.50. The van der Waals surface area contributed by atoms with Crippen LogP contribution in [0.25, 0.3) is 11.2 Å². The van der Waals surface area contributed by atoms with Gasteiger partial charge in [0.2, 0.25) is 0 Å². The fraction of sp³-hybridized carbons (Fsp3) is 0.625. The van der Waals surface area contributed by atoms with Crippen LogP contribution in [0.15, 0.2) is 18.3 Å². The summed E-state index contributed by atoms with van der Waals surface area (Å²) in [6.45, 7) is 3.85. The van der Waals surface area contributed by atoms with Gasteiger partial charge in [-0.05, 0) is 50.9 Å². The van der Waals surface area contributed by atoms with Gasteiger partial charge in [0.25, 0.3) is 0 Å². The normalized spacial score (nSPS) is 24.5. The van der Waals surface area contributed by atoms with Gasteiger partial charge in [-0.3, -0.25) is 0 Å². The predicted octanol–water partition coefficient (Wildman–Crippen LogP) is 2.25. The summed E-state index contributed by atoms with van der Waals surface area (Å²) in [6, 6.07) is 4.57. The summed E-state index contributed by atoms with van der Waals surface area (Å²) in [5.74, 6) is 1.61. The van der Waals surface area contributed by atoms with Crippen molar-refractivity contribution in [2.24, 2.45) is 0 Å². The van der Waals surface area contributed by atoms with Crippen LogP contribution in [-0.4, -0.2) is 40.8 Å². The Morgan fingerprint density at radius 2 is 2.14 bits per heavy atom. The van der Waals surface area contributed by atoms with Crippen molar-refractivity contribution in [2.75, 3.05) is 26.3 Å². The lowest BCUT2D eigenvalue weighted by Gasteiger charge is -2.29. The lowest BCUT2D eigenvalue weighted by molar-refractivity contribution is 0.0764. The first-order valence-corrected chi connectivity index (χ1v) is 8.05. The summed E-state index contributed by atoms with van der Waals surface area (Å²) in [7, 11) is 0. The van der Waals surface area contributed by atoms with Crippen LogP contribution in [0.1, 0.15) is 43.5 Å². The van der Waals surface area contributed by atoms with E-state index in [2.05, 4.69) is 20.9 Å². The van der Waals surface area contributed by atoms with Crippen molar-refractivity contribution < 1.29 is 4.74 Å². The molecular weight excluding hydrogens is 264 g/mol. The highest BCUT2D eigenvalue weighted by molar-refractivity contribution is 5.71. The molecule has 0 radical (unpaired) electrons. The van der Waals surface area contributed by atoms with Crippen molar-refractivity contribution in [1.29, 1.82) is 0 Å². The van der Waals surface area contributed by atoms with Crippen molar-refractivity contribution in [1.82, 2.24) is 19.9 Å². The first-order valence-electron chi connectivity index (χ1n) is 8.05. The Labute approximate surface area is 124 Å². The molecule has 1 unspecified atom stereocenters. The molecule has 2 aliphatic heterocycles. The molecule has 21 heavy (non-hydrogen) atoms. The van der Waals surface area contributed by atoms with Crippen molar-refractivity contribution in [3.8, 4) is 0 Å². The fourth-order valence-corrected chi connectivity index (χ4v) is 3.60. The summed E-state index contributed by atoms with van der Waals surface area (Å²) < 4.78 is 8.10. The number of aromatic nitrogens is 3. The third kappa shape index (κ3) is 2.45. The Hall–Kier alpha value is -1.46. The predicted molar refractivity (Wildman–Crippen MR) is 81.5 cm³/mol. The number of piperidine rings is 1. The molecule has 0 aliphatic carbocycles. The minimum Gasteiger partial charge on any atom is -0.381 e. The number of imidazole rings is 1. The van der Waals surface area contributed by atoms with E-state index >= 15 is 0 Å². The second-order valence-corrected chi connectivity index (χ2v) is 6.08. The number of nitrogens with zero attached hydrogens (tertiary/aromatic N) is 3. The minimum atomic E-state index is 0.419. The van der Waals surface area contributed by atoms with E-state index in [0.29, 0.717) is 12.0 Å². The molecule has 2 saturated heterocycles. The molecule has 0 amide bonds. The SMILES string of the molecule is c1cnc2c(c1)nc(C1CCCOC1)n2C1CCNCC1. The number of nitrogens with one attached hydrogen (secondary N) is 1. The van der Waals surface area contributed by atoms with Crippen LogP contribution in [0.5, 0.6) is 0 Å². The molecule has 0 saturated carbocycles. The summed E-state index contributed by atoms with van der Waals surface area (Å²) in [5.41, 5.74) is 2.07. The van der Waals surface area contributed by atoms with E-state index in [-0.39, 0.29) is 0 Å². The van der Waals surface area contributed by atoms with E-state index in [9.17, 15) is 0 Å². The van der Waals surface area contributed by atoms with E-state index in [0.717, 1.165) is 56.7 Å². The zero-order valence-electron chi connectivity index (χ0n) is 12.3. The number of fused-ring (bicyclic) bond motifs is 1. The lowest BCUT2D eigenvalue weighted by Crippen LogP contribution is -2.31. The van der Waals surface area contributed by atoms with E-state index in [1.54, 1.807) is 0 Å². The van der Waals surface area contributed by atoms with Crippen molar-refractivity contribution in [2.45, 2.75) is 37.6 Å². The zero-order chi connectivity index (χ0) is 14.1. The standard InChI is InChI=1S/C16H22N4O/c1-4-14-16(18-7-1)20(13-5-8-17-9-6-13)15(19-14)12-3-2-10-21-11-12/h1,4,7,12-13,17H,2-3,5-6,8-11H2. The lowest BCUT2D eigenvalue weighted by atomic mass is 9.99. The Bertz CT molecular complexity index is 612. The van der Waals surface area contributed by atoms with Gasteiger partial charge in [-0.1, -0.05) is 0 Å². The molecule has 5 nitrogen and oxygen atoms in total. The van der Waals surface area contributed by atoms with Gasteiger partial charge in [-0.25, -0.2) is 9.97 Å². The Morgan fingerprint density at radius 1 is 1.24 bits per heavy atom. The average molecular weight is 286 g/mol. The van der Waals surface area contributed by atoms with Crippen LogP contribution in [0.2, 0.25) is 0 Å². The van der Waals surface area contributed by atoms with Gasteiger partial charge < -0.3 is 14.6 Å². The molecule has 2 fully saturated rings. The monoisotopic (exact) mass is 286 g/mol. The maximum atomic E-state index is 5.69. The second kappa shape index (κ2) is 5.73. The summed E-state index contributed by atoms with van der Waals surface area (Å²) in [4.78, 5) is 9.52. The third-order valence-corrected chi connectivity index (χ3v) is 4.68. The van der Waals surface area contributed by atoms with Crippen molar-refractivity contribution in [3.63, 3.8) is 0 Å². The number of hydrogen-bond acceptors (Lipinski definition) is 4. The van der Waals surface area contributed by atoms with E-state index in [1.807, 2.05) is 12.3 Å². The number of hydrogen-bond donors (Lipinski definition) is 1. The van der Waals surface area contributed by atoms with E-state index in [1.165, 1.54) is 12.2 Å². The zero-order valence-corrected chi connectivity index (χ0v) is 12.3. The van der Waals surface area contributed by atoms with Crippen LogP contribution in [0.3, 0.4) is 0 Å². The largest absolute Gasteiger partial charge is 0.381 e. The third-order valence-electron chi connectivity index (χ3n) is 4.68. The van der Waals surface area contributed by atoms with Crippen LogP contribution in [0, 0.1) is 0 Å². The molecule has 1 atom stereocenters. The smallest absolute Gasteiger partial charge is 0.160 e. The van der Waals surface area contributed by atoms with Gasteiger partial charge in [-0.2, -0.15) is 0 Å². The molecule has 0 bridgehead atoms. The maximum absolute atomic E-state index is 5.69. The first kappa shape index (κ1) is 13.2. The van der Waals surface area contributed by atoms with Crippen LogP contribution in [0.4, 0.5) is 0 Å². The second-order valence-electron chi connectivity index (χ2n) is 6.08. The summed E-state index contributed by atoms with van der Waals surface area (Å²) in [5, 5.41) is 3.44. The molecule has 2 aromatic heterocycles. The molecule has 1 N–H and O–H groups in total. The number of ether oxygens (including phenoxy) is 1. The number of rotatable bonds is 2. The van der Waals surface area contributed by atoms with Gasteiger partial charge in [0, 0.05) is 24.8 Å². The molecule has 5 heteroatoms. The molecule has 4 rings (SSSR count). The van der Waals surface area contributed by atoms with Gasteiger partial charge in [-0.15, -0.1) is 0 Å². The van der Waals surface area contributed by atoms with E-state index in [4.69, 9.17) is 9.72 Å². The molecule has 0 spiro atoms. The van der Waals surface area contributed by atoms with E-state index < -0.39 is 0 Å². The molecule has 4 heterocycles. The Balaban J connectivity index is 1.79. The van der Waals surface area contributed by atoms with Crippen molar-refractivity contribution in [3.05, 3.63) is 24.2 Å². The Kier molecular flexibility index (Phi) is 3.61. The molecule has 2 aromatic rings. The highest BCUT2D eigenvalue weighted by atomic mass is 16.5. The Morgan fingerprint density at radius 3 is 2.95 bits per heavy atom. The molecule has 112 valence electrons. The average Bonchev–Trinajstić information content (AvgIpc) is 2.96. The fourth-order valence-electron chi connectivity index (χ4n) is 3.60. The highest BCUT2D eigenvalue weighted by Gasteiger charge is 2.27. The molecule has 2 aliphatic rings. The van der Waals surface area contributed by atoms with Crippen LogP contribution >= 0.6 is 0 Å². The van der Waals surface area contributed by atoms with Crippen LogP contribution in [-0.2, 0) is 4.74 Å². The molecular formula is C16H22N4O. The highest BCUT2D eigenvalue weighted by Crippen LogP contribution is 2.32.